The van der Waals surface area contributed by atoms with Crippen LogP contribution in [-0.2, 0) is 10.8 Å². The van der Waals surface area contributed by atoms with Crippen LogP contribution in [0.1, 0.15) is 26.2 Å². The van der Waals surface area contributed by atoms with Gasteiger partial charge in [-0.1, -0.05) is 5.16 Å². The lowest BCUT2D eigenvalue weighted by Crippen LogP contribution is -2.29. The third-order valence-corrected chi connectivity index (χ3v) is 2.88. The largest absolute Gasteiger partial charge is 0.409 e. The molecule has 0 fully saturated rings. The Hall–Kier alpha value is -0.620. The monoisotopic (exact) mass is 235 g/mol. The molecule has 6 heteroatoms. The van der Waals surface area contributed by atoms with Gasteiger partial charge in [-0.05, 0) is 26.3 Å². The van der Waals surface area contributed by atoms with E-state index in [1.54, 1.807) is 6.26 Å². The van der Waals surface area contributed by atoms with Gasteiger partial charge < -0.3 is 16.3 Å². The second-order valence-corrected chi connectivity index (χ2v) is 5.17. The molecular weight excluding hydrogens is 214 g/mol. The lowest BCUT2D eigenvalue weighted by molar-refractivity contribution is 0.316. The van der Waals surface area contributed by atoms with E-state index in [1.807, 2.05) is 0 Å². The molecule has 4 N–H and O–H groups in total. The first-order chi connectivity index (χ1) is 7.06. The summed E-state index contributed by atoms with van der Waals surface area (Å²) in [7, 11) is -0.714. The van der Waals surface area contributed by atoms with E-state index in [0.29, 0.717) is 12.5 Å². The predicted octanol–water partition coefficient (Wildman–Crippen LogP) is 0.260. The van der Waals surface area contributed by atoms with Crippen LogP contribution >= 0.6 is 0 Å². The van der Waals surface area contributed by atoms with E-state index in [2.05, 4.69) is 17.4 Å². The van der Waals surface area contributed by atoms with Gasteiger partial charge in [0.25, 0.3) is 0 Å². The molecule has 0 amide bonds. The molecule has 0 aliphatic carbocycles. The molecule has 0 saturated heterocycles. The molecule has 0 spiro atoms. The van der Waals surface area contributed by atoms with Crippen molar-refractivity contribution in [1.29, 1.82) is 0 Å². The van der Waals surface area contributed by atoms with Crippen LogP contribution in [0.25, 0.3) is 0 Å². The van der Waals surface area contributed by atoms with Crippen LogP contribution < -0.4 is 11.1 Å². The number of nitrogens with zero attached hydrogens (tertiary/aromatic N) is 1. The maximum Gasteiger partial charge on any atom is 0.139 e. The summed E-state index contributed by atoms with van der Waals surface area (Å²) in [5, 5.41) is 14.5. The minimum absolute atomic E-state index is 0.263. The third-order valence-electron chi connectivity index (χ3n) is 2.07. The molecule has 90 valence electrons. The summed E-state index contributed by atoms with van der Waals surface area (Å²) in [6.45, 7) is 2.89. The van der Waals surface area contributed by atoms with Crippen LogP contribution in [0.15, 0.2) is 5.16 Å². The molecule has 2 unspecified atom stereocenters. The third kappa shape index (κ3) is 9.68. The first kappa shape index (κ1) is 14.4. The smallest absolute Gasteiger partial charge is 0.139 e. The van der Waals surface area contributed by atoms with Gasteiger partial charge in [0.1, 0.15) is 5.84 Å². The number of rotatable bonds is 8. The summed E-state index contributed by atoms with van der Waals surface area (Å²) in [4.78, 5) is 0. The van der Waals surface area contributed by atoms with Crippen molar-refractivity contribution in [2.24, 2.45) is 10.9 Å². The summed E-state index contributed by atoms with van der Waals surface area (Å²) in [5.41, 5.74) is 5.32. The average Bonchev–Trinajstić information content (AvgIpc) is 2.21. The molecule has 0 radical (unpaired) electrons. The van der Waals surface area contributed by atoms with E-state index < -0.39 is 10.8 Å². The Kier molecular flexibility index (Phi) is 8.31. The molecule has 0 aromatic carbocycles. The van der Waals surface area contributed by atoms with Gasteiger partial charge >= 0.3 is 0 Å². The predicted molar refractivity (Wildman–Crippen MR) is 63.7 cm³/mol. The van der Waals surface area contributed by atoms with Crippen molar-refractivity contribution in [2.75, 3.05) is 18.6 Å². The van der Waals surface area contributed by atoms with Gasteiger partial charge in [-0.3, -0.25) is 4.21 Å². The molecule has 0 aromatic heterocycles. The van der Waals surface area contributed by atoms with Gasteiger partial charge in [-0.25, -0.2) is 0 Å². The number of amidine groups is 1. The van der Waals surface area contributed by atoms with Crippen LogP contribution in [0.4, 0.5) is 0 Å². The Morgan fingerprint density at radius 1 is 1.67 bits per heavy atom. The van der Waals surface area contributed by atoms with Gasteiger partial charge in [-0.2, -0.15) is 0 Å². The van der Waals surface area contributed by atoms with Crippen molar-refractivity contribution in [2.45, 2.75) is 32.2 Å². The number of oxime groups is 1. The van der Waals surface area contributed by atoms with Crippen LogP contribution in [0.5, 0.6) is 0 Å². The summed E-state index contributed by atoms with van der Waals surface area (Å²) in [6, 6.07) is 0.362. The quantitative estimate of drug-likeness (QED) is 0.185. The summed E-state index contributed by atoms with van der Waals surface area (Å²) in [5.74, 6) is 0.994. The van der Waals surface area contributed by atoms with E-state index in [-0.39, 0.29) is 5.84 Å². The Morgan fingerprint density at radius 3 is 2.87 bits per heavy atom. The van der Waals surface area contributed by atoms with Crippen LogP contribution in [-0.4, -0.2) is 39.8 Å². The van der Waals surface area contributed by atoms with Gasteiger partial charge in [-0.15, -0.1) is 0 Å². The zero-order valence-electron chi connectivity index (χ0n) is 9.40. The Labute approximate surface area is 93.6 Å². The maximum absolute atomic E-state index is 10.8. The highest BCUT2D eigenvalue weighted by Crippen LogP contribution is 1.94. The van der Waals surface area contributed by atoms with Crippen LogP contribution in [0.2, 0.25) is 0 Å². The highest BCUT2D eigenvalue weighted by molar-refractivity contribution is 7.84. The molecule has 0 aromatic rings. The standard InChI is InChI=1S/C9H21N3O2S/c1-8(5-7-15(2)14)11-6-3-4-9(10)12-13/h8,11,13H,3-7H2,1-2H3,(H2,10,12). The zero-order valence-corrected chi connectivity index (χ0v) is 10.2. The van der Waals surface area contributed by atoms with Crippen LogP contribution in [0, 0.1) is 0 Å². The number of nitrogens with two attached hydrogens (primary N) is 1. The van der Waals surface area contributed by atoms with Crippen molar-refractivity contribution in [3.63, 3.8) is 0 Å². The topological polar surface area (TPSA) is 87.7 Å². The number of hydrogen-bond donors (Lipinski definition) is 3. The van der Waals surface area contributed by atoms with Gasteiger partial charge in [0.05, 0.1) is 0 Å². The fourth-order valence-corrected chi connectivity index (χ4v) is 1.80. The lowest BCUT2D eigenvalue weighted by atomic mass is 10.2. The Balaban J connectivity index is 3.38. The molecule has 5 nitrogen and oxygen atoms in total. The first-order valence-corrected chi connectivity index (χ1v) is 6.78. The molecule has 2 atom stereocenters. The van der Waals surface area contributed by atoms with Crippen molar-refractivity contribution >= 4 is 16.6 Å². The van der Waals surface area contributed by atoms with Crippen molar-refractivity contribution in [1.82, 2.24) is 5.32 Å². The molecule has 0 heterocycles. The summed E-state index contributed by atoms with van der Waals surface area (Å²) < 4.78 is 10.8. The van der Waals surface area contributed by atoms with E-state index in [9.17, 15) is 4.21 Å². The molecule has 0 rings (SSSR count). The number of hydrogen-bond acceptors (Lipinski definition) is 4. The fraction of sp³-hybridized carbons (Fsp3) is 0.889. The summed E-state index contributed by atoms with van der Waals surface area (Å²) >= 11 is 0. The fourth-order valence-electron chi connectivity index (χ4n) is 1.11. The van der Waals surface area contributed by atoms with E-state index >= 15 is 0 Å². The van der Waals surface area contributed by atoms with E-state index in [1.165, 1.54) is 0 Å². The molecule has 0 aliphatic heterocycles. The average molecular weight is 235 g/mol. The van der Waals surface area contributed by atoms with Crippen molar-refractivity contribution < 1.29 is 9.42 Å². The minimum Gasteiger partial charge on any atom is -0.409 e. The molecule has 0 saturated carbocycles. The molecule has 15 heavy (non-hydrogen) atoms. The molecule has 0 bridgehead atoms. The van der Waals surface area contributed by atoms with Gasteiger partial charge in [0.2, 0.25) is 0 Å². The first-order valence-electron chi connectivity index (χ1n) is 5.06. The lowest BCUT2D eigenvalue weighted by Gasteiger charge is -2.12. The Bertz CT molecular complexity index is 221. The Morgan fingerprint density at radius 2 is 2.33 bits per heavy atom. The molecular formula is C9H21N3O2S. The van der Waals surface area contributed by atoms with E-state index in [0.717, 1.165) is 25.1 Å². The second kappa shape index (κ2) is 8.67. The van der Waals surface area contributed by atoms with Crippen molar-refractivity contribution in [3.05, 3.63) is 0 Å². The van der Waals surface area contributed by atoms with E-state index in [4.69, 9.17) is 10.9 Å². The number of nitrogens with one attached hydrogen (secondary N) is 1. The minimum atomic E-state index is -0.714. The normalized spacial score (nSPS) is 16.3. The second-order valence-electron chi connectivity index (χ2n) is 3.62. The highest BCUT2D eigenvalue weighted by atomic mass is 32.2. The van der Waals surface area contributed by atoms with Crippen LogP contribution in [0.3, 0.4) is 0 Å². The zero-order chi connectivity index (χ0) is 11.7. The maximum atomic E-state index is 10.8. The van der Waals surface area contributed by atoms with Gasteiger partial charge in [0, 0.05) is 35.3 Å². The van der Waals surface area contributed by atoms with Crippen molar-refractivity contribution in [3.8, 4) is 0 Å². The SMILES string of the molecule is CC(CCS(C)=O)NCCCC(N)=NO. The highest BCUT2D eigenvalue weighted by Gasteiger charge is 2.02. The summed E-state index contributed by atoms with van der Waals surface area (Å²) in [6.07, 6.45) is 4.06. The van der Waals surface area contributed by atoms with Gasteiger partial charge in [0.15, 0.2) is 0 Å². The molecule has 0 aliphatic rings.